The molecule has 3 rings (SSSR count). The van der Waals surface area contributed by atoms with Crippen LogP contribution >= 0.6 is 0 Å². The first kappa shape index (κ1) is 13.5. The van der Waals surface area contributed by atoms with Crippen LogP contribution < -0.4 is 4.90 Å². The van der Waals surface area contributed by atoms with Crippen molar-refractivity contribution in [1.29, 1.82) is 0 Å². The molecule has 1 saturated heterocycles. The highest BCUT2D eigenvalue weighted by atomic mass is 16.6. The number of ether oxygens (including phenoxy) is 1. The molecule has 8 heteroatoms. The van der Waals surface area contributed by atoms with Crippen molar-refractivity contribution in [2.75, 3.05) is 24.6 Å². The smallest absolute Gasteiger partial charge is 0.368 e. The Kier molecular flexibility index (Phi) is 3.53. The van der Waals surface area contributed by atoms with E-state index in [-0.39, 0.29) is 11.9 Å². The van der Waals surface area contributed by atoms with E-state index in [2.05, 4.69) is 21.6 Å². The van der Waals surface area contributed by atoms with Gasteiger partial charge in [0.05, 0.1) is 12.7 Å². The highest BCUT2D eigenvalue weighted by molar-refractivity contribution is 5.49. The van der Waals surface area contributed by atoms with Crippen LogP contribution in [0.2, 0.25) is 0 Å². The summed E-state index contributed by atoms with van der Waals surface area (Å²) >= 11 is 0. The van der Waals surface area contributed by atoms with Gasteiger partial charge in [-0.2, -0.15) is 0 Å². The molecule has 2 aromatic rings. The minimum absolute atomic E-state index is 0.134. The average Bonchev–Trinajstić information content (AvgIpc) is 3.11. The van der Waals surface area contributed by atoms with E-state index in [0.29, 0.717) is 18.1 Å². The number of rotatable bonds is 5. The highest BCUT2D eigenvalue weighted by Gasteiger charge is 2.25. The Morgan fingerprint density at radius 2 is 2.43 bits per heavy atom. The van der Waals surface area contributed by atoms with E-state index in [1.807, 2.05) is 6.07 Å². The molecule has 0 saturated carbocycles. The lowest BCUT2D eigenvalue weighted by Crippen LogP contribution is -2.24. The molecule has 0 bridgehead atoms. The summed E-state index contributed by atoms with van der Waals surface area (Å²) in [5.74, 6) is 0.554. The number of nitrogens with zero attached hydrogens (tertiary/aromatic N) is 5. The van der Waals surface area contributed by atoms with E-state index < -0.39 is 4.92 Å². The summed E-state index contributed by atoms with van der Waals surface area (Å²) in [5.41, 5.74) is 0.462. The summed E-state index contributed by atoms with van der Waals surface area (Å²) in [6, 6.07) is 3.55. The van der Waals surface area contributed by atoms with Gasteiger partial charge in [0.1, 0.15) is 6.20 Å². The first-order chi connectivity index (χ1) is 10.2. The summed E-state index contributed by atoms with van der Waals surface area (Å²) in [4.78, 5) is 16.5. The van der Waals surface area contributed by atoms with Crippen LogP contribution in [0.1, 0.15) is 6.42 Å². The zero-order chi connectivity index (χ0) is 14.8. The molecule has 0 N–H and O–H groups in total. The molecule has 0 radical (unpaired) electrons. The minimum Gasteiger partial charge on any atom is -0.372 e. The van der Waals surface area contributed by atoms with E-state index in [4.69, 9.17) is 4.74 Å². The third-order valence-corrected chi connectivity index (χ3v) is 3.44. The van der Waals surface area contributed by atoms with Gasteiger partial charge in [-0.25, -0.2) is 4.98 Å². The van der Waals surface area contributed by atoms with E-state index in [1.165, 1.54) is 10.7 Å². The molecular weight excluding hydrogens is 274 g/mol. The Balaban J connectivity index is 1.83. The molecule has 1 fully saturated rings. The van der Waals surface area contributed by atoms with Crippen molar-refractivity contribution in [3.05, 3.63) is 41.1 Å². The van der Waals surface area contributed by atoms with E-state index in [0.717, 1.165) is 19.5 Å². The Morgan fingerprint density at radius 1 is 1.57 bits per heavy atom. The van der Waals surface area contributed by atoms with Gasteiger partial charge in [0.15, 0.2) is 5.82 Å². The number of nitro groups is 1. The molecule has 1 aliphatic heterocycles. The van der Waals surface area contributed by atoms with Crippen LogP contribution in [0.25, 0.3) is 5.65 Å². The minimum atomic E-state index is -0.489. The van der Waals surface area contributed by atoms with Crippen LogP contribution in [0.3, 0.4) is 0 Å². The quantitative estimate of drug-likeness (QED) is 0.470. The number of fused-ring (bicyclic) bond motifs is 1. The summed E-state index contributed by atoms with van der Waals surface area (Å²) < 4.78 is 6.88. The Morgan fingerprint density at radius 3 is 3.19 bits per heavy atom. The molecule has 21 heavy (non-hydrogen) atoms. The number of anilines is 1. The fourth-order valence-corrected chi connectivity index (χ4v) is 2.42. The molecule has 0 amide bonds. The molecule has 1 unspecified atom stereocenters. The van der Waals surface area contributed by atoms with Crippen LogP contribution in [-0.4, -0.2) is 45.3 Å². The number of hydrogen-bond acceptors (Lipinski definition) is 6. The maximum atomic E-state index is 10.9. The van der Waals surface area contributed by atoms with Crippen molar-refractivity contribution in [3.63, 3.8) is 0 Å². The van der Waals surface area contributed by atoms with Crippen molar-refractivity contribution < 1.29 is 9.66 Å². The first-order valence-corrected chi connectivity index (χ1v) is 6.65. The lowest BCUT2D eigenvalue weighted by Gasteiger charge is -2.16. The van der Waals surface area contributed by atoms with Crippen LogP contribution in [0.15, 0.2) is 31.0 Å². The predicted molar refractivity (Wildman–Crippen MR) is 76.4 cm³/mol. The second-order valence-corrected chi connectivity index (χ2v) is 4.81. The largest absolute Gasteiger partial charge is 0.372 e. The second kappa shape index (κ2) is 5.49. The standard InChI is InChI=1S/C13H15N5O3/c1-2-7-21-10-5-6-16(9-10)12-4-3-11-14-8-13(18(19)20)17(11)15-12/h2-4,8,10H,1,5-7,9H2. The molecule has 8 nitrogen and oxygen atoms in total. The Labute approximate surface area is 120 Å². The van der Waals surface area contributed by atoms with Gasteiger partial charge < -0.3 is 19.8 Å². The third-order valence-electron chi connectivity index (χ3n) is 3.44. The summed E-state index contributed by atoms with van der Waals surface area (Å²) in [5, 5.41) is 15.3. The number of hydrogen-bond donors (Lipinski definition) is 0. The van der Waals surface area contributed by atoms with Gasteiger partial charge in [0, 0.05) is 19.2 Å². The van der Waals surface area contributed by atoms with E-state index in [9.17, 15) is 10.1 Å². The van der Waals surface area contributed by atoms with Crippen LogP contribution in [-0.2, 0) is 4.74 Å². The van der Waals surface area contributed by atoms with Crippen LogP contribution in [0, 0.1) is 10.1 Å². The fraction of sp³-hybridized carbons (Fsp3) is 0.385. The predicted octanol–water partition coefficient (Wildman–Crippen LogP) is 1.42. The normalized spacial score (nSPS) is 18.3. The Hall–Kier alpha value is -2.48. The third kappa shape index (κ3) is 2.57. The molecule has 0 aliphatic carbocycles. The second-order valence-electron chi connectivity index (χ2n) is 4.81. The summed E-state index contributed by atoms with van der Waals surface area (Å²) in [6.45, 7) is 5.68. The Bertz CT molecular complexity index is 683. The number of imidazole rings is 1. The lowest BCUT2D eigenvalue weighted by atomic mass is 10.3. The molecule has 0 spiro atoms. The maximum Gasteiger partial charge on any atom is 0.368 e. The van der Waals surface area contributed by atoms with Gasteiger partial charge in [0.2, 0.25) is 5.65 Å². The van der Waals surface area contributed by atoms with Crippen molar-refractivity contribution in [2.24, 2.45) is 0 Å². The van der Waals surface area contributed by atoms with Gasteiger partial charge in [-0.05, 0) is 17.4 Å². The molecule has 1 atom stereocenters. The van der Waals surface area contributed by atoms with Gasteiger partial charge in [0.25, 0.3) is 0 Å². The summed E-state index contributed by atoms with van der Waals surface area (Å²) in [6.07, 6.45) is 3.98. The SMILES string of the molecule is C=CCOC1CCN(c2ccc3ncc([N+](=O)[O-])n3n2)C1. The van der Waals surface area contributed by atoms with Gasteiger partial charge in [-0.1, -0.05) is 15.7 Å². The van der Waals surface area contributed by atoms with Gasteiger partial charge in [-0.3, -0.25) is 0 Å². The molecule has 2 aromatic heterocycles. The van der Waals surface area contributed by atoms with Crippen molar-refractivity contribution >= 4 is 17.3 Å². The molecule has 3 heterocycles. The maximum absolute atomic E-state index is 10.9. The molecule has 110 valence electrons. The van der Waals surface area contributed by atoms with Crippen molar-refractivity contribution in [3.8, 4) is 0 Å². The van der Waals surface area contributed by atoms with Gasteiger partial charge in [-0.15, -0.1) is 6.58 Å². The molecule has 0 aromatic carbocycles. The number of aromatic nitrogens is 3. The first-order valence-electron chi connectivity index (χ1n) is 6.65. The fourth-order valence-electron chi connectivity index (χ4n) is 2.42. The van der Waals surface area contributed by atoms with Crippen LogP contribution in [0.5, 0.6) is 0 Å². The average molecular weight is 289 g/mol. The highest BCUT2D eigenvalue weighted by Crippen LogP contribution is 2.22. The summed E-state index contributed by atoms with van der Waals surface area (Å²) in [7, 11) is 0. The molecule has 1 aliphatic rings. The van der Waals surface area contributed by atoms with E-state index in [1.54, 1.807) is 12.1 Å². The zero-order valence-corrected chi connectivity index (χ0v) is 11.4. The van der Waals surface area contributed by atoms with Crippen LogP contribution in [0.4, 0.5) is 11.6 Å². The lowest BCUT2D eigenvalue weighted by molar-refractivity contribution is -0.391. The van der Waals surface area contributed by atoms with Gasteiger partial charge >= 0.3 is 5.82 Å². The topological polar surface area (TPSA) is 85.8 Å². The van der Waals surface area contributed by atoms with Crippen molar-refractivity contribution in [1.82, 2.24) is 14.6 Å². The molecular formula is C13H15N5O3. The van der Waals surface area contributed by atoms with E-state index >= 15 is 0 Å². The van der Waals surface area contributed by atoms with Crippen molar-refractivity contribution in [2.45, 2.75) is 12.5 Å². The zero-order valence-electron chi connectivity index (χ0n) is 11.4. The monoisotopic (exact) mass is 289 g/mol.